The Labute approximate surface area is 106 Å². The summed E-state index contributed by atoms with van der Waals surface area (Å²) in [7, 11) is -3.97. The van der Waals surface area contributed by atoms with E-state index in [2.05, 4.69) is 0 Å². The Morgan fingerprint density at radius 3 is 2.00 bits per heavy atom. The first-order valence-corrected chi connectivity index (χ1v) is 7.44. The van der Waals surface area contributed by atoms with Gasteiger partial charge in [0, 0.05) is 5.69 Å². The summed E-state index contributed by atoms with van der Waals surface area (Å²) in [5.74, 6) is -2.61. The molecule has 102 valence electrons. The van der Waals surface area contributed by atoms with E-state index in [4.69, 9.17) is 5.73 Å². The smallest absolute Gasteiger partial charge is 0.184 e. The molecular weight excluding hydrogens is 260 g/mol. The molecule has 0 spiro atoms. The van der Waals surface area contributed by atoms with Crippen LogP contribution in [0, 0.1) is 17.6 Å². The number of nitrogens with two attached hydrogens (primary N) is 1. The second-order valence-corrected chi connectivity index (χ2v) is 6.25. The predicted molar refractivity (Wildman–Crippen MR) is 66.9 cm³/mol. The number of benzene rings is 1. The summed E-state index contributed by atoms with van der Waals surface area (Å²) in [6.07, 6.45) is 1.29. The van der Waals surface area contributed by atoms with Crippen molar-refractivity contribution >= 4 is 15.5 Å². The lowest BCUT2D eigenvalue weighted by Crippen LogP contribution is -2.18. The number of sulfone groups is 1. The van der Waals surface area contributed by atoms with Crippen LogP contribution in [0.3, 0.4) is 0 Å². The van der Waals surface area contributed by atoms with Crippen molar-refractivity contribution in [3.05, 3.63) is 23.8 Å². The summed E-state index contributed by atoms with van der Waals surface area (Å²) in [5, 5.41) is 0. The molecule has 1 aromatic rings. The summed E-state index contributed by atoms with van der Waals surface area (Å²) >= 11 is 0. The van der Waals surface area contributed by atoms with Gasteiger partial charge in [-0.2, -0.15) is 0 Å². The topological polar surface area (TPSA) is 60.2 Å². The van der Waals surface area contributed by atoms with Gasteiger partial charge in [0.05, 0.1) is 5.75 Å². The number of hydrogen-bond acceptors (Lipinski definition) is 3. The van der Waals surface area contributed by atoms with E-state index in [1.165, 1.54) is 0 Å². The molecule has 2 N–H and O–H groups in total. The molecule has 0 aromatic heterocycles. The molecule has 0 unspecified atom stereocenters. The standard InChI is InChI=1S/C12H17F2NO2S/c1-3-8(4-2)7-18(16,17)12-10(13)5-9(15)6-11(12)14/h5-6,8H,3-4,7,15H2,1-2H3. The Kier molecular flexibility index (Phi) is 4.67. The maximum Gasteiger partial charge on any atom is 0.184 e. The van der Waals surface area contributed by atoms with Crippen LogP contribution in [0.1, 0.15) is 26.7 Å². The summed E-state index contributed by atoms with van der Waals surface area (Å²) in [6.45, 7) is 3.69. The molecule has 0 saturated carbocycles. The summed E-state index contributed by atoms with van der Waals surface area (Å²) < 4.78 is 51.1. The van der Waals surface area contributed by atoms with Crippen LogP contribution in [0.25, 0.3) is 0 Å². The molecule has 1 rings (SSSR count). The third-order valence-corrected chi connectivity index (χ3v) is 4.86. The van der Waals surface area contributed by atoms with Crippen molar-refractivity contribution < 1.29 is 17.2 Å². The summed E-state index contributed by atoms with van der Waals surface area (Å²) in [4.78, 5) is -0.872. The zero-order chi connectivity index (χ0) is 13.9. The molecule has 0 aliphatic rings. The molecule has 0 bridgehead atoms. The molecule has 0 saturated heterocycles. The van der Waals surface area contributed by atoms with Gasteiger partial charge in [-0.3, -0.25) is 0 Å². The van der Waals surface area contributed by atoms with Crippen molar-refractivity contribution in [3.63, 3.8) is 0 Å². The van der Waals surface area contributed by atoms with Gasteiger partial charge in [-0.05, 0) is 18.1 Å². The van der Waals surface area contributed by atoms with Gasteiger partial charge in [0.25, 0.3) is 0 Å². The van der Waals surface area contributed by atoms with Crippen LogP contribution in [0.2, 0.25) is 0 Å². The van der Waals surface area contributed by atoms with Crippen LogP contribution in [-0.4, -0.2) is 14.2 Å². The van der Waals surface area contributed by atoms with Crippen LogP contribution >= 0.6 is 0 Å². The van der Waals surface area contributed by atoms with Crippen LogP contribution in [0.4, 0.5) is 14.5 Å². The lowest BCUT2D eigenvalue weighted by molar-refractivity contribution is 0.500. The van der Waals surface area contributed by atoms with Crippen molar-refractivity contribution in [3.8, 4) is 0 Å². The highest BCUT2D eigenvalue weighted by Gasteiger charge is 2.26. The molecule has 1 aromatic carbocycles. The van der Waals surface area contributed by atoms with Crippen molar-refractivity contribution in [2.45, 2.75) is 31.6 Å². The van der Waals surface area contributed by atoms with Crippen LogP contribution in [-0.2, 0) is 9.84 Å². The normalized spacial score (nSPS) is 12.1. The maximum atomic E-state index is 13.6. The van der Waals surface area contributed by atoms with Crippen molar-refractivity contribution in [1.82, 2.24) is 0 Å². The molecule has 0 atom stereocenters. The monoisotopic (exact) mass is 277 g/mol. The number of halogens is 2. The summed E-state index contributed by atoms with van der Waals surface area (Å²) in [5.41, 5.74) is 5.12. The number of anilines is 1. The highest BCUT2D eigenvalue weighted by atomic mass is 32.2. The Hall–Kier alpha value is -1.17. The average molecular weight is 277 g/mol. The van der Waals surface area contributed by atoms with E-state index >= 15 is 0 Å². The second-order valence-electron chi connectivity index (χ2n) is 4.28. The van der Waals surface area contributed by atoms with E-state index in [9.17, 15) is 17.2 Å². The molecular formula is C12H17F2NO2S. The summed E-state index contributed by atoms with van der Waals surface area (Å²) in [6, 6.07) is 1.64. The number of nitrogen functional groups attached to an aromatic ring is 1. The van der Waals surface area contributed by atoms with Gasteiger partial charge in [0.2, 0.25) is 0 Å². The Balaban J connectivity index is 3.21. The molecule has 0 heterocycles. The fourth-order valence-electron chi connectivity index (χ4n) is 1.79. The van der Waals surface area contributed by atoms with Gasteiger partial charge in [-0.25, -0.2) is 17.2 Å². The molecule has 0 amide bonds. The molecule has 3 nitrogen and oxygen atoms in total. The third kappa shape index (κ3) is 3.19. The first-order chi connectivity index (χ1) is 8.31. The van der Waals surface area contributed by atoms with Gasteiger partial charge < -0.3 is 5.73 Å². The van der Waals surface area contributed by atoms with Gasteiger partial charge in [-0.1, -0.05) is 26.7 Å². The largest absolute Gasteiger partial charge is 0.399 e. The number of hydrogen-bond donors (Lipinski definition) is 1. The van der Waals surface area contributed by atoms with Gasteiger partial charge in [0.1, 0.15) is 16.5 Å². The Morgan fingerprint density at radius 2 is 1.61 bits per heavy atom. The quantitative estimate of drug-likeness (QED) is 0.842. The van der Waals surface area contributed by atoms with Crippen LogP contribution in [0.5, 0.6) is 0 Å². The van der Waals surface area contributed by atoms with E-state index in [0.29, 0.717) is 12.8 Å². The Bertz CT molecular complexity index is 502. The van der Waals surface area contributed by atoms with Gasteiger partial charge >= 0.3 is 0 Å². The molecule has 0 fully saturated rings. The fourth-order valence-corrected chi connectivity index (χ4v) is 3.77. The molecule has 0 radical (unpaired) electrons. The van der Waals surface area contributed by atoms with Crippen molar-refractivity contribution in [2.75, 3.05) is 11.5 Å². The molecule has 0 aliphatic carbocycles. The van der Waals surface area contributed by atoms with E-state index < -0.39 is 26.4 Å². The lowest BCUT2D eigenvalue weighted by Gasteiger charge is -2.13. The zero-order valence-corrected chi connectivity index (χ0v) is 11.2. The van der Waals surface area contributed by atoms with Crippen molar-refractivity contribution in [2.24, 2.45) is 5.92 Å². The predicted octanol–water partition coefficient (Wildman–Crippen LogP) is 2.76. The molecule has 0 aliphatic heterocycles. The first-order valence-electron chi connectivity index (χ1n) is 5.79. The average Bonchev–Trinajstić information content (AvgIpc) is 2.23. The highest BCUT2D eigenvalue weighted by molar-refractivity contribution is 7.91. The second kappa shape index (κ2) is 5.65. The maximum absolute atomic E-state index is 13.6. The lowest BCUT2D eigenvalue weighted by atomic mass is 10.1. The molecule has 18 heavy (non-hydrogen) atoms. The van der Waals surface area contributed by atoms with E-state index in [1.54, 1.807) is 0 Å². The Morgan fingerprint density at radius 1 is 1.17 bits per heavy atom. The van der Waals surface area contributed by atoms with Gasteiger partial charge in [-0.15, -0.1) is 0 Å². The molecule has 6 heteroatoms. The minimum atomic E-state index is -3.97. The minimum absolute atomic E-state index is 0.105. The van der Waals surface area contributed by atoms with Crippen LogP contribution < -0.4 is 5.73 Å². The van der Waals surface area contributed by atoms with Crippen molar-refractivity contribution in [1.29, 1.82) is 0 Å². The zero-order valence-electron chi connectivity index (χ0n) is 10.4. The van der Waals surface area contributed by atoms with Gasteiger partial charge in [0.15, 0.2) is 9.84 Å². The minimum Gasteiger partial charge on any atom is -0.399 e. The van der Waals surface area contributed by atoms with Crippen LogP contribution in [0.15, 0.2) is 17.0 Å². The van der Waals surface area contributed by atoms with E-state index in [1.807, 2.05) is 13.8 Å². The highest BCUT2D eigenvalue weighted by Crippen LogP contribution is 2.25. The van der Waals surface area contributed by atoms with E-state index in [-0.39, 0.29) is 17.4 Å². The SMILES string of the molecule is CCC(CC)CS(=O)(=O)c1c(F)cc(N)cc1F. The first kappa shape index (κ1) is 14.9. The van der Waals surface area contributed by atoms with E-state index in [0.717, 1.165) is 12.1 Å². The number of rotatable bonds is 5. The third-order valence-electron chi connectivity index (χ3n) is 2.94. The fraction of sp³-hybridized carbons (Fsp3) is 0.500.